The minimum atomic E-state index is -2.53. The van der Waals surface area contributed by atoms with Crippen LogP contribution in [0.3, 0.4) is 0 Å². The lowest BCUT2D eigenvalue weighted by Gasteiger charge is -2.26. The normalized spacial score (nSPS) is 11.7. The molecule has 0 atom stereocenters. The highest BCUT2D eigenvalue weighted by Crippen LogP contribution is 2.17. The minimum Gasteiger partial charge on any atom is -0.377 e. The van der Waals surface area contributed by atoms with Gasteiger partial charge in [0.25, 0.3) is 0 Å². The number of nitrogens with two attached hydrogens (primary N) is 1. The van der Waals surface area contributed by atoms with Gasteiger partial charge in [-0.3, -0.25) is 0 Å². The minimum absolute atomic E-state index is 0.475. The largest absolute Gasteiger partial charge is 0.500 e. The summed E-state index contributed by atoms with van der Waals surface area (Å²) in [6.45, 7) is 0.954. The van der Waals surface area contributed by atoms with Crippen molar-refractivity contribution in [2.45, 2.75) is 12.5 Å². The van der Waals surface area contributed by atoms with Gasteiger partial charge in [-0.05, 0) is 12.0 Å². The van der Waals surface area contributed by atoms with E-state index in [9.17, 15) is 0 Å². The molecule has 0 aromatic heterocycles. The summed E-state index contributed by atoms with van der Waals surface area (Å²) in [4.78, 5) is 0. The average Bonchev–Trinajstić information content (AvgIpc) is 2.41. The zero-order valence-electron chi connectivity index (χ0n) is 10.5. The van der Waals surface area contributed by atoms with Crippen molar-refractivity contribution < 1.29 is 13.3 Å². The molecule has 0 amide bonds. The van der Waals surface area contributed by atoms with E-state index in [0.717, 1.165) is 12.5 Å². The number of hydrogen-bond donors (Lipinski definition) is 1. The van der Waals surface area contributed by atoms with Crippen molar-refractivity contribution >= 4 is 8.80 Å². The fraction of sp³-hybridized carbons (Fsp3) is 0.500. The highest BCUT2D eigenvalue weighted by Gasteiger charge is 2.38. The van der Waals surface area contributed by atoms with Gasteiger partial charge >= 0.3 is 8.80 Å². The Hall–Kier alpha value is -0.723. The first-order valence-corrected chi connectivity index (χ1v) is 7.68. The van der Waals surface area contributed by atoms with Crippen LogP contribution in [0.25, 0.3) is 0 Å². The fourth-order valence-corrected chi connectivity index (χ4v) is 3.61. The molecule has 17 heavy (non-hydrogen) atoms. The summed E-state index contributed by atoms with van der Waals surface area (Å²) in [7, 11) is 0.745. The first-order chi connectivity index (χ1) is 8.26. The molecule has 5 heteroatoms. The summed E-state index contributed by atoms with van der Waals surface area (Å²) in [5.41, 5.74) is 6.70. The second kappa shape index (κ2) is 7.57. The summed E-state index contributed by atoms with van der Waals surface area (Å²) >= 11 is 0. The fourth-order valence-electron chi connectivity index (χ4n) is 1.63. The zero-order chi connectivity index (χ0) is 12.6. The molecule has 0 unspecified atom stereocenters. The molecule has 0 saturated heterocycles. The Kier molecular flexibility index (Phi) is 6.39. The second-order valence-electron chi connectivity index (χ2n) is 3.71. The average molecular weight is 255 g/mol. The van der Waals surface area contributed by atoms with E-state index in [4.69, 9.17) is 19.0 Å². The van der Waals surface area contributed by atoms with Crippen LogP contribution in [-0.2, 0) is 19.7 Å². The summed E-state index contributed by atoms with van der Waals surface area (Å²) in [5.74, 6) is 0. The quantitative estimate of drug-likeness (QED) is 0.714. The predicted octanol–water partition coefficient (Wildman–Crippen LogP) is 1.44. The first-order valence-electron chi connectivity index (χ1n) is 5.74. The Bertz CT molecular complexity index is 304. The van der Waals surface area contributed by atoms with Gasteiger partial charge in [-0.1, -0.05) is 30.3 Å². The molecule has 1 aromatic carbocycles. The van der Waals surface area contributed by atoms with E-state index in [1.807, 2.05) is 18.2 Å². The van der Waals surface area contributed by atoms with Crippen molar-refractivity contribution in [1.29, 1.82) is 0 Å². The summed E-state index contributed by atoms with van der Waals surface area (Å²) in [5, 5.41) is 0. The molecule has 0 radical (unpaired) electrons. The highest BCUT2D eigenvalue weighted by atomic mass is 28.4. The van der Waals surface area contributed by atoms with Crippen LogP contribution < -0.4 is 5.73 Å². The van der Waals surface area contributed by atoms with Crippen LogP contribution >= 0.6 is 0 Å². The molecule has 1 rings (SSSR count). The lowest BCUT2D eigenvalue weighted by Crippen LogP contribution is -2.45. The van der Waals surface area contributed by atoms with Crippen LogP contribution in [-0.4, -0.2) is 36.2 Å². The summed E-state index contributed by atoms with van der Waals surface area (Å²) in [6.07, 6.45) is 0.888. The van der Waals surface area contributed by atoms with Crippen LogP contribution in [0.15, 0.2) is 30.3 Å². The number of benzene rings is 1. The van der Waals surface area contributed by atoms with Crippen LogP contribution in [0.4, 0.5) is 0 Å². The van der Waals surface area contributed by atoms with Gasteiger partial charge in [-0.25, -0.2) is 0 Å². The lowest BCUT2D eigenvalue weighted by molar-refractivity contribution is 0.101. The van der Waals surface area contributed by atoms with Crippen molar-refractivity contribution in [2.75, 3.05) is 27.4 Å². The SMILES string of the molecule is CO[Si](CCc1ccccc1)(OC)OCCN. The Labute approximate surface area is 104 Å². The van der Waals surface area contributed by atoms with Gasteiger partial charge in [0, 0.05) is 26.8 Å². The van der Waals surface area contributed by atoms with Crippen molar-refractivity contribution in [3.05, 3.63) is 35.9 Å². The first kappa shape index (κ1) is 14.3. The zero-order valence-corrected chi connectivity index (χ0v) is 11.5. The van der Waals surface area contributed by atoms with Gasteiger partial charge in [-0.2, -0.15) is 0 Å². The van der Waals surface area contributed by atoms with E-state index >= 15 is 0 Å². The Morgan fingerprint density at radius 2 is 1.76 bits per heavy atom. The smallest absolute Gasteiger partial charge is 0.377 e. The Morgan fingerprint density at radius 1 is 1.12 bits per heavy atom. The van der Waals surface area contributed by atoms with Gasteiger partial charge in [0.1, 0.15) is 0 Å². The molecule has 0 aliphatic rings. The third kappa shape index (κ3) is 4.57. The molecule has 1 aromatic rings. The molecule has 0 fully saturated rings. The monoisotopic (exact) mass is 255 g/mol. The van der Waals surface area contributed by atoms with Gasteiger partial charge in [0.05, 0.1) is 6.61 Å². The maximum Gasteiger partial charge on any atom is 0.500 e. The lowest BCUT2D eigenvalue weighted by atomic mass is 10.2. The van der Waals surface area contributed by atoms with E-state index in [1.54, 1.807) is 14.2 Å². The molecule has 96 valence electrons. The molecule has 0 heterocycles. The summed E-state index contributed by atoms with van der Waals surface area (Å²) < 4.78 is 16.6. The summed E-state index contributed by atoms with van der Waals surface area (Å²) in [6, 6.07) is 11.0. The van der Waals surface area contributed by atoms with E-state index in [2.05, 4.69) is 12.1 Å². The van der Waals surface area contributed by atoms with Crippen molar-refractivity contribution in [3.8, 4) is 0 Å². The van der Waals surface area contributed by atoms with E-state index < -0.39 is 8.80 Å². The third-order valence-corrected chi connectivity index (χ3v) is 5.37. The predicted molar refractivity (Wildman–Crippen MR) is 69.7 cm³/mol. The molecule has 0 aliphatic heterocycles. The Balaban J connectivity index is 2.54. The van der Waals surface area contributed by atoms with Crippen molar-refractivity contribution in [1.82, 2.24) is 0 Å². The number of rotatable bonds is 8. The number of hydrogen-bond acceptors (Lipinski definition) is 4. The van der Waals surface area contributed by atoms with Gasteiger partial charge < -0.3 is 19.0 Å². The van der Waals surface area contributed by atoms with Gasteiger partial charge in [0.2, 0.25) is 0 Å². The topological polar surface area (TPSA) is 53.7 Å². The molecule has 4 nitrogen and oxygen atoms in total. The van der Waals surface area contributed by atoms with E-state index in [-0.39, 0.29) is 0 Å². The Morgan fingerprint density at radius 3 is 2.29 bits per heavy atom. The van der Waals surface area contributed by atoms with Crippen LogP contribution in [0.2, 0.25) is 6.04 Å². The molecule has 0 saturated carbocycles. The maximum absolute atomic E-state index is 5.67. The number of aryl methyl sites for hydroxylation is 1. The molecule has 2 N–H and O–H groups in total. The highest BCUT2D eigenvalue weighted by molar-refractivity contribution is 6.60. The van der Waals surface area contributed by atoms with Gasteiger partial charge in [0.15, 0.2) is 0 Å². The standard InChI is InChI=1S/C12H21NO3Si/c1-14-17(15-2,16-10-9-13)11-8-12-6-4-3-5-7-12/h3-7H,8-11,13H2,1-2H3. The second-order valence-corrected chi connectivity index (χ2v) is 6.69. The third-order valence-electron chi connectivity index (χ3n) is 2.62. The molecule has 0 spiro atoms. The van der Waals surface area contributed by atoms with Crippen LogP contribution in [0, 0.1) is 0 Å². The molecular formula is C12H21NO3Si. The van der Waals surface area contributed by atoms with E-state index in [1.165, 1.54) is 5.56 Å². The van der Waals surface area contributed by atoms with E-state index in [0.29, 0.717) is 13.2 Å². The van der Waals surface area contributed by atoms with Crippen molar-refractivity contribution in [3.63, 3.8) is 0 Å². The molecule has 0 bridgehead atoms. The van der Waals surface area contributed by atoms with Crippen LogP contribution in [0.1, 0.15) is 5.56 Å². The van der Waals surface area contributed by atoms with Gasteiger partial charge in [-0.15, -0.1) is 0 Å². The van der Waals surface area contributed by atoms with Crippen LogP contribution in [0.5, 0.6) is 0 Å². The maximum atomic E-state index is 5.67. The molecule has 0 aliphatic carbocycles. The molecular weight excluding hydrogens is 234 g/mol. The van der Waals surface area contributed by atoms with Crippen molar-refractivity contribution in [2.24, 2.45) is 5.73 Å².